The highest BCUT2D eigenvalue weighted by molar-refractivity contribution is 6.31. The van der Waals surface area contributed by atoms with Gasteiger partial charge in [0.2, 0.25) is 0 Å². The number of amides is 1. The van der Waals surface area contributed by atoms with Gasteiger partial charge in [-0.1, -0.05) is 11.6 Å². The number of carbonyl (C=O) groups is 2. The summed E-state index contributed by atoms with van der Waals surface area (Å²) in [4.78, 5) is 25.0. The predicted octanol–water partition coefficient (Wildman–Crippen LogP) is 2.02. The maximum Gasteiger partial charge on any atom is 0.310 e. The molecule has 2 rings (SSSR count). The number of halogens is 1. The predicted molar refractivity (Wildman–Crippen MR) is 70.5 cm³/mol. The van der Waals surface area contributed by atoms with Gasteiger partial charge in [0.15, 0.2) is 6.10 Å². The van der Waals surface area contributed by atoms with E-state index in [1.807, 2.05) is 0 Å². The molecule has 19 heavy (non-hydrogen) atoms. The largest absolute Gasteiger partial charge is 0.478 e. The summed E-state index contributed by atoms with van der Waals surface area (Å²) in [7, 11) is 1.62. The van der Waals surface area contributed by atoms with Crippen LogP contribution in [0.25, 0.3) is 0 Å². The summed E-state index contributed by atoms with van der Waals surface area (Å²) in [6.45, 7) is 1.99. The average molecular weight is 284 g/mol. The lowest BCUT2D eigenvalue weighted by Gasteiger charge is -2.31. The van der Waals surface area contributed by atoms with Crippen molar-refractivity contribution in [3.05, 3.63) is 23.2 Å². The zero-order chi connectivity index (χ0) is 14.0. The van der Waals surface area contributed by atoms with Crippen molar-refractivity contribution < 1.29 is 19.1 Å². The van der Waals surface area contributed by atoms with E-state index in [0.717, 1.165) is 0 Å². The van der Waals surface area contributed by atoms with Crippen molar-refractivity contribution in [3.63, 3.8) is 0 Å². The van der Waals surface area contributed by atoms with E-state index >= 15 is 0 Å². The molecule has 0 bridgehead atoms. The number of nitrogens with zero attached hydrogens (tertiary/aromatic N) is 1. The fourth-order valence-electron chi connectivity index (χ4n) is 1.89. The summed E-state index contributed by atoms with van der Waals surface area (Å²) in [5.41, 5.74) is 0.595. The molecule has 0 radical (unpaired) electrons. The number of fused-ring (bicyclic) bond motifs is 1. The highest BCUT2D eigenvalue weighted by atomic mass is 35.5. The Bertz CT molecular complexity index is 517. The fraction of sp³-hybridized carbons (Fsp3) is 0.385. The van der Waals surface area contributed by atoms with Crippen LogP contribution < -0.4 is 9.64 Å². The normalized spacial score (nSPS) is 17.7. The molecule has 1 heterocycles. The second-order valence-corrected chi connectivity index (χ2v) is 4.56. The van der Waals surface area contributed by atoms with Crippen molar-refractivity contribution in [3.8, 4) is 5.75 Å². The van der Waals surface area contributed by atoms with Gasteiger partial charge in [-0.15, -0.1) is 0 Å². The quantitative estimate of drug-likeness (QED) is 0.797. The molecule has 0 N–H and O–H groups in total. The average Bonchev–Trinajstić information content (AvgIpc) is 2.37. The van der Waals surface area contributed by atoms with Gasteiger partial charge < -0.3 is 14.4 Å². The van der Waals surface area contributed by atoms with Crippen molar-refractivity contribution in [2.75, 3.05) is 18.6 Å². The molecule has 1 aliphatic heterocycles. The van der Waals surface area contributed by atoms with Crippen LogP contribution in [0.5, 0.6) is 5.75 Å². The first kappa shape index (κ1) is 13.7. The van der Waals surface area contributed by atoms with Crippen molar-refractivity contribution in [1.29, 1.82) is 0 Å². The zero-order valence-corrected chi connectivity index (χ0v) is 11.4. The van der Waals surface area contributed by atoms with Crippen LogP contribution in [0.2, 0.25) is 5.02 Å². The molecule has 102 valence electrons. The van der Waals surface area contributed by atoms with Crippen molar-refractivity contribution in [1.82, 2.24) is 0 Å². The molecule has 0 fully saturated rings. The summed E-state index contributed by atoms with van der Waals surface area (Å²) >= 11 is 5.88. The lowest BCUT2D eigenvalue weighted by Crippen LogP contribution is -2.45. The molecule has 0 spiro atoms. The third-order valence-electron chi connectivity index (χ3n) is 2.81. The van der Waals surface area contributed by atoms with Gasteiger partial charge >= 0.3 is 5.97 Å². The van der Waals surface area contributed by atoms with Gasteiger partial charge in [0, 0.05) is 12.1 Å². The first-order chi connectivity index (χ1) is 9.02. The fourth-order valence-corrected chi connectivity index (χ4v) is 2.06. The van der Waals surface area contributed by atoms with E-state index in [0.29, 0.717) is 16.5 Å². The van der Waals surface area contributed by atoms with Crippen LogP contribution in [-0.2, 0) is 14.3 Å². The summed E-state index contributed by atoms with van der Waals surface area (Å²) in [6, 6.07) is 5.00. The van der Waals surface area contributed by atoms with Crippen molar-refractivity contribution >= 4 is 29.2 Å². The second kappa shape index (κ2) is 5.48. The van der Waals surface area contributed by atoms with E-state index in [4.69, 9.17) is 21.1 Å². The number of carbonyl (C=O) groups excluding carboxylic acids is 2. The van der Waals surface area contributed by atoms with Gasteiger partial charge in [-0.25, -0.2) is 0 Å². The van der Waals surface area contributed by atoms with Crippen molar-refractivity contribution in [2.45, 2.75) is 19.4 Å². The van der Waals surface area contributed by atoms with Crippen LogP contribution in [-0.4, -0.2) is 31.6 Å². The maximum atomic E-state index is 12.1. The third kappa shape index (κ3) is 2.81. The van der Waals surface area contributed by atoms with E-state index in [-0.39, 0.29) is 18.9 Å². The van der Waals surface area contributed by atoms with Crippen molar-refractivity contribution in [2.24, 2.45) is 0 Å². The number of hydrogen-bond acceptors (Lipinski definition) is 4. The molecule has 1 aliphatic rings. The number of esters is 1. The third-order valence-corrected chi connectivity index (χ3v) is 3.05. The molecule has 0 saturated carbocycles. The number of likely N-dealkylation sites (N-methyl/N-ethyl adjacent to an activating group) is 1. The SMILES string of the molecule is CCOC(=O)CC1Oc2ccc(Cl)cc2N(C)C1=O. The Morgan fingerprint density at radius 2 is 2.26 bits per heavy atom. The molecule has 1 atom stereocenters. The minimum absolute atomic E-state index is 0.0981. The van der Waals surface area contributed by atoms with Crippen LogP contribution in [0.3, 0.4) is 0 Å². The van der Waals surface area contributed by atoms with Gasteiger partial charge in [-0.3, -0.25) is 9.59 Å². The van der Waals surface area contributed by atoms with Gasteiger partial charge in [0.25, 0.3) is 5.91 Å². The van der Waals surface area contributed by atoms with Crippen LogP contribution in [0, 0.1) is 0 Å². The number of hydrogen-bond donors (Lipinski definition) is 0. The van der Waals surface area contributed by atoms with Crippen LogP contribution in [0.1, 0.15) is 13.3 Å². The van der Waals surface area contributed by atoms with Crippen LogP contribution in [0.15, 0.2) is 18.2 Å². The Labute approximate surface area is 116 Å². The lowest BCUT2D eigenvalue weighted by molar-refractivity contribution is -0.147. The molecule has 0 aliphatic carbocycles. The highest BCUT2D eigenvalue weighted by Gasteiger charge is 2.34. The smallest absolute Gasteiger partial charge is 0.310 e. The Kier molecular flexibility index (Phi) is 3.95. The molecule has 6 heteroatoms. The van der Waals surface area contributed by atoms with E-state index in [9.17, 15) is 9.59 Å². The van der Waals surface area contributed by atoms with E-state index in [2.05, 4.69) is 0 Å². The molecule has 5 nitrogen and oxygen atoms in total. The van der Waals surface area contributed by atoms with E-state index in [1.165, 1.54) is 4.90 Å². The zero-order valence-electron chi connectivity index (χ0n) is 10.7. The highest BCUT2D eigenvalue weighted by Crippen LogP contribution is 2.35. The molecule has 1 aromatic carbocycles. The first-order valence-corrected chi connectivity index (χ1v) is 6.30. The Hall–Kier alpha value is -1.75. The van der Waals surface area contributed by atoms with Gasteiger partial charge in [-0.05, 0) is 25.1 Å². The molecule has 1 unspecified atom stereocenters. The minimum Gasteiger partial charge on any atom is -0.478 e. The molecule has 1 aromatic rings. The van der Waals surface area contributed by atoms with Gasteiger partial charge in [0.1, 0.15) is 5.75 Å². The summed E-state index contributed by atoms with van der Waals surface area (Å²) in [5.74, 6) is -0.213. The van der Waals surface area contributed by atoms with E-state index < -0.39 is 12.1 Å². The number of anilines is 1. The second-order valence-electron chi connectivity index (χ2n) is 4.12. The molecular formula is C13H14ClNO4. The standard InChI is InChI=1S/C13H14ClNO4/c1-3-18-12(16)7-11-13(17)15(2)9-6-8(14)4-5-10(9)19-11/h4-6,11H,3,7H2,1-2H3. The number of ether oxygens (including phenoxy) is 2. The molecular weight excluding hydrogens is 270 g/mol. The molecule has 0 saturated heterocycles. The Morgan fingerprint density at radius 3 is 2.95 bits per heavy atom. The van der Waals surface area contributed by atoms with Crippen LogP contribution >= 0.6 is 11.6 Å². The van der Waals surface area contributed by atoms with Gasteiger partial charge in [0.05, 0.1) is 18.7 Å². The number of benzene rings is 1. The lowest BCUT2D eigenvalue weighted by atomic mass is 10.1. The Morgan fingerprint density at radius 1 is 1.53 bits per heavy atom. The minimum atomic E-state index is -0.849. The number of rotatable bonds is 3. The summed E-state index contributed by atoms with van der Waals surface area (Å²) < 4.78 is 10.4. The summed E-state index contributed by atoms with van der Waals surface area (Å²) in [6.07, 6.45) is -0.947. The van der Waals surface area contributed by atoms with Crippen LogP contribution in [0.4, 0.5) is 5.69 Å². The monoisotopic (exact) mass is 283 g/mol. The van der Waals surface area contributed by atoms with E-state index in [1.54, 1.807) is 32.2 Å². The maximum absolute atomic E-state index is 12.1. The first-order valence-electron chi connectivity index (χ1n) is 5.92. The molecule has 1 amide bonds. The Balaban J connectivity index is 2.21. The topological polar surface area (TPSA) is 55.8 Å². The van der Waals surface area contributed by atoms with Gasteiger partial charge in [-0.2, -0.15) is 0 Å². The summed E-state index contributed by atoms with van der Waals surface area (Å²) in [5, 5.41) is 0.519. The molecule has 0 aromatic heterocycles.